The monoisotopic (exact) mass is 484 g/mol. The van der Waals surface area contributed by atoms with E-state index in [9.17, 15) is 9.18 Å². The summed E-state index contributed by atoms with van der Waals surface area (Å²) >= 11 is 1.22. The maximum absolute atomic E-state index is 13.4. The van der Waals surface area contributed by atoms with Crippen molar-refractivity contribution in [3.8, 4) is 33.9 Å². The highest BCUT2D eigenvalue weighted by Crippen LogP contribution is 2.45. The molecule has 0 radical (unpaired) electrons. The first-order valence-corrected chi connectivity index (χ1v) is 11.6. The number of hydrogen-bond donors (Lipinski definition) is 1. The van der Waals surface area contributed by atoms with Crippen molar-refractivity contribution >= 4 is 33.0 Å². The molecule has 0 atom stereocenters. The van der Waals surface area contributed by atoms with Crippen LogP contribution in [0.1, 0.15) is 15.2 Å². The molecule has 3 aromatic carbocycles. The van der Waals surface area contributed by atoms with Crippen LogP contribution in [0.5, 0.6) is 11.5 Å². The van der Waals surface area contributed by atoms with Crippen molar-refractivity contribution < 1.29 is 18.7 Å². The molecule has 0 bridgehead atoms. The number of anilines is 1. The van der Waals surface area contributed by atoms with Gasteiger partial charge in [-0.2, -0.15) is 0 Å². The minimum Gasteiger partial charge on any atom is -0.497 e. The SMILES string of the molecule is COc1ccc(OC)c(-c2cc(-c3ccccc3)nc3sc(C(=O)c4ccc(F)cc4)c(N)c23)c1. The Morgan fingerprint density at radius 2 is 1.66 bits per heavy atom. The average Bonchev–Trinajstić information content (AvgIpc) is 3.24. The number of ketones is 1. The number of fused-ring (bicyclic) bond motifs is 1. The molecule has 0 spiro atoms. The molecule has 2 heterocycles. The van der Waals surface area contributed by atoms with Crippen molar-refractivity contribution in [2.75, 3.05) is 20.0 Å². The molecule has 0 unspecified atom stereocenters. The number of methoxy groups -OCH3 is 2. The van der Waals surface area contributed by atoms with Crippen molar-refractivity contribution in [3.05, 3.63) is 95.1 Å². The average molecular weight is 485 g/mol. The summed E-state index contributed by atoms with van der Waals surface area (Å²) < 4.78 is 24.5. The van der Waals surface area contributed by atoms with Crippen LogP contribution in [-0.4, -0.2) is 25.0 Å². The molecule has 0 aliphatic carbocycles. The number of nitrogen functional groups attached to an aromatic ring is 1. The highest BCUT2D eigenvalue weighted by atomic mass is 32.1. The van der Waals surface area contributed by atoms with E-state index in [0.29, 0.717) is 37.8 Å². The van der Waals surface area contributed by atoms with Gasteiger partial charge in [-0.3, -0.25) is 4.79 Å². The predicted octanol–water partition coefficient (Wildman–Crippen LogP) is 6.60. The van der Waals surface area contributed by atoms with Crippen molar-refractivity contribution in [1.29, 1.82) is 0 Å². The molecule has 174 valence electrons. The third-order valence-corrected chi connectivity index (χ3v) is 6.88. The fourth-order valence-electron chi connectivity index (χ4n) is 4.02. The maximum Gasteiger partial charge on any atom is 0.205 e. The molecule has 2 N–H and O–H groups in total. The predicted molar refractivity (Wildman–Crippen MR) is 138 cm³/mol. The summed E-state index contributed by atoms with van der Waals surface area (Å²) in [6.07, 6.45) is 0. The lowest BCUT2D eigenvalue weighted by Crippen LogP contribution is -2.02. The Labute approximate surface area is 205 Å². The number of aromatic nitrogens is 1. The maximum atomic E-state index is 13.4. The number of hydrogen-bond acceptors (Lipinski definition) is 6. The van der Waals surface area contributed by atoms with Crippen molar-refractivity contribution in [3.63, 3.8) is 0 Å². The highest BCUT2D eigenvalue weighted by molar-refractivity contribution is 7.21. The molecular weight excluding hydrogens is 463 g/mol. The Balaban J connectivity index is 1.80. The molecule has 0 saturated carbocycles. The molecular formula is C28H21FN2O3S. The second-order valence-corrected chi connectivity index (χ2v) is 8.85. The number of thiophene rings is 1. The van der Waals surface area contributed by atoms with Crippen LogP contribution in [0.3, 0.4) is 0 Å². The van der Waals surface area contributed by atoms with Crippen LogP contribution in [0.25, 0.3) is 32.6 Å². The molecule has 0 saturated heterocycles. The minimum atomic E-state index is -0.410. The lowest BCUT2D eigenvalue weighted by atomic mass is 9.97. The first-order valence-electron chi connectivity index (χ1n) is 10.8. The largest absolute Gasteiger partial charge is 0.497 e. The van der Waals surface area contributed by atoms with E-state index >= 15 is 0 Å². The zero-order valence-corrected chi connectivity index (χ0v) is 19.9. The minimum absolute atomic E-state index is 0.282. The number of nitrogens with zero attached hydrogens (tertiary/aromatic N) is 1. The van der Waals surface area contributed by atoms with Gasteiger partial charge in [0.25, 0.3) is 0 Å². The summed E-state index contributed by atoms with van der Waals surface area (Å²) in [4.78, 5) is 19.1. The summed E-state index contributed by atoms with van der Waals surface area (Å²) in [5, 5.41) is 0.659. The number of carbonyl (C=O) groups is 1. The van der Waals surface area contributed by atoms with Gasteiger partial charge in [0.1, 0.15) is 27.0 Å². The van der Waals surface area contributed by atoms with Gasteiger partial charge in [0, 0.05) is 27.6 Å². The van der Waals surface area contributed by atoms with E-state index in [1.165, 1.54) is 35.6 Å². The third-order valence-electron chi connectivity index (χ3n) is 5.78. The number of benzene rings is 3. The highest BCUT2D eigenvalue weighted by Gasteiger charge is 2.24. The molecule has 5 rings (SSSR count). The van der Waals surface area contributed by atoms with Crippen LogP contribution in [-0.2, 0) is 0 Å². The van der Waals surface area contributed by atoms with Gasteiger partial charge in [0.2, 0.25) is 5.78 Å². The first-order chi connectivity index (χ1) is 17.0. The summed E-state index contributed by atoms with van der Waals surface area (Å²) in [7, 11) is 3.20. The van der Waals surface area contributed by atoms with Crippen LogP contribution in [0, 0.1) is 5.82 Å². The molecule has 0 fully saturated rings. The number of carbonyl (C=O) groups excluding carboxylic acids is 1. The number of halogens is 1. The van der Waals surface area contributed by atoms with Gasteiger partial charge < -0.3 is 15.2 Å². The topological polar surface area (TPSA) is 74.4 Å². The van der Waals surface area contributed by atoms with Crippen LogP contribution < -0.4 is 15.2 Å². The van der Waals surface area contributed by atoms with Crippen molar-refractivity contribution in [1.82, 2.24) is 4.98 Å². The van der Waals surface area contributed by atoms with Crippen molar-refractivity contribution in [2.45, 2.75) is 0 Å². The van der Waals surface area contributed by atoms with E-state index < -0.39 is 5.82 Å². The van der Waals surface area contributed by atoms with Crippen LogP contribution >= 0.6 is 11.3 Å². The standard InChI is InChI=1S/C28H21FN2O3S/c1-33-19-12-13-23(34-2)20(14-19)21-15-22(16-6-4-3-5-7-16)31-28-24(21)25(30)27(35-28)26(32)17-8-10-18(29)11-9-17/h3-15H,30H2,1-2H3. The van der Waals surface area contributed by atoms with Gasteiger partial charge in [-0.25, -0.2) is 9.37 Å². The Kier molecular flexibility index (Phi) is 5.93. The summed E-state index contributed by atoms with van der Waals surface area (Å²) in [6.45, 7) is 0. The van der Waals surface area contributed by atoms with Gasteiger partial charge in [-0.1, -0.05) is 30.3 Å². The summed E-state index contributed by atoms with van der Waals surface area (Å²) in [5.74, 6) is 0.598. The summed E-state index contributed by atoms with van der Waals surface area (Å²) in [6, 6.07) is 22.7. The molecule has 2 aromatic heterocycles. The molecule has 7 heteroatoms. The first kappa shape index (κ1) is 22.6. The lowest BCUT2D eigenvalue weighted by molar-refractivity contribution is 0.104. The van der Waals surface area contributed by atoms with E-state index in [4.69, 9.17) is 20.2 Å². The molecule has 5 nitrogen and oxygen atoms in total. The molecule has 5 aromatic rings. The van der Waals surface area contributed by atoms with Gasteiger partial charge in [-0.15, -0.1) is 11.3 Å². The van der Waals surface area contributed by atoms with Crippen LogP contribution in [0.4, 0.5) is 10.1 Å². The molecule has 0 aliphatic rings. The van der Waals surface area contributed by atoms with Crippen LogP contribution in [0.2, 0.25) is 0 Å². The smallest absolute Gasteiger partial charge is 0.205 e. The zero-order chi connectivity index (χ0) is 24.5. The zero-order valence-electron chi connectivity index (χ0n) is 19.0. The Hall–Kier alpha value is -4.23. The Morgan fingerprint density at radius 1 is 0.914 bits per heavy atom. The quantitative estimate of drug-likeness (QED) is 0.275. The fraction of sp³-hybridized carbons (Fsp3) is 0.0714. The fourth-order valence-corrected chi connectivity index (χ4v) is 5.10. The second kappa shape index (κ2) is 9.19. The van der Waals surface area contributed by atoms with E-state index in [-0.39, 0.29) is 5.78 Å². The van der Waals surface area contributed by atoms with Gasteiger partial charge in [0.05, 0.1) is 25.6 Å². The Morgan fingerprint density at radius 3 is 2.34 bits per heavy atom. The van der Waals surface area contributed by atoms with Gasteiger partial charge in [-0.05, 0) is 48.5 Å². The number of nitrogens with two attached hydrogens (primary N) is 1. The molecule has 0 aliphatic heterocycles. The van der Waals surface area contributed by atoms with E-state index in [0.717, 1.165) is 22.4 Å². The third kappa shape index (κ3) is 4.11. The van der Waals surface area contributed by atoms with E-state index in [1.807, 2.05) is 54.6 Å². The molecule has 0 amide bonds. The lowest BCUT2D eigenvalue weighted by Gasteiger charge is -2.13. The van der Waals surface area contributed by atoms with Crippen LogP contribution in [0.15, 0.2) is 78.9 Å². The number of ether oxygens (including phenoxy) is 2. The van der Waals surface area contributed by atoms with E-state index in [2.05, 4.69) is 0 Å². The number of pyridine rings is 1. The number of rotatable bonds is 6. The van der Waals surface area contributed by atoms with Crippen molar-refractivity contribution in [2.24, 2.45) is 0 Å². The van der Waals surface area contributed by atoms with E-state index in [1.54, 1.807) is 14.2 Å². The Bertz CT molecular complexity index is 1550. The normalized spacial score (nSPS) is 10.9. The van der Waals surface area contributed by atoms with Gasteiger partial charge in [0.15, 0.2) is 0 Å². The summed E-state index contributed by atoms with van der Waals surface area (Å²) in [5.41, 5.74) is 10.5. The molecule has 35 heavy (non-hydrogen) atoms. The van der Waals surface area contributed by atoms with Gasteiger partial charge >= 0.3 is 0 Å². The second-order valence-electron chi connectivity index (χ2n) is 7.85.